The highest BCUT2D eigenvalue weighted by atomic mass is 16.6. The van der Waals surface area contributed by atoms with Crippen LogP contribution in [0.15, 0.2) is 12.7 Å². The second-order valence-corrected chi connectivity index (χ2v) is 15.9. The number of likely N-dealkylation sites (tertiary alicyclic amines) is 1. The standard InChI is InChI=1S/C34H56N6O7/c1-11-13-14-21(25(41)28(43)35-15-12-2)36-27(42)24-23-20(34(23,9)10)18-40(24)29(44)26(33(6,7)8)38-30(45)37-22(32(3,4)5)19-39-16-17-47-31(39)46/h12,20-24,26H,2,11,13-19H2,1,3-10H3,(H,35,43)(H,36,42)(H2,37,38,45)/t20-,21?,22+,23-,24-,26+/m0/s1. The third-order valence-electron chi connectivity index (χ3n) is 9.86. The van der Waals surface area contributed by atoms with Crippen molar-refractivity contribution in [2.75, 3.05) is 32.8 Å². The SMILES string of the molecule is C=CCNC(=O)C(=O)C(CCCC)NC(=O)[C@@H]1[C@@H]2[C@H](CN1C(=O)[C@@H](NC(=O)N[C@H](CN1CCOC1=O)C(C)(C)C)C(C)(C)C)C2(C)C. The predicted molar refractivity (Wildman–Crippen MR) is 177 cm³/mol. The summed E-state index contributed by atoms with van der Waals surface area (Å²) < 4.78 is 5.05. The molecule has 6 amide bonds. The van der Waals surface area contributed by atoms with E-state index < -0.39 is 70.6 Å². The summed E-state index contributed by atoms with van der Waals surface area (Å²) in [5.74, 6) is -2.48. The lowest BCUT2D eigenvalue weighted by Gasteiger charge is -2.39. The fourth-order valence-corrected chi connectivity index (χ4v) is 6.65. The summed E-state index contributed by atoms with van der Waals surface area (Å²) in [5.41, 5.74) is -1.33. The molecule has 0 spiro atoms. The van der Waals surface area contributed by atoms with Crippen LogP contribution < -0.4 is 21.3 Å². The van der Waals surface area contributed by atoms with E-state index in [4.69, 9.17) is 4.74 Å². The molecule has 1 aliphatic carbocycles. The molecule has 0 radical (unpaired) electrons. The van der Waals surface area contributed by atoms with E-state index in [2.05, 4.69) is 41.7 Å². The molecule has 0 aromatic carbocycles. The number of carbonyl (C=O) groups excluding carboxylic acids is 6. The molecule has 3 aliphatic rings. The van der Waals surface area contributed by atoms with Gasteiger partial charge in [-0.05, 0) is 34.5 Å². The molecule has 1 unspecified atom stereocenters. The number of cyclic esters (lactones) is 1. The summed E-state index contributed by atoms with van der Waals surface area (Å²) in [7, 11) is 0. The summed E-state index contributed by atoms with van der Waals surface area (Å²) in [6.07, 6.45) is 2.71. The lowest BCUT2D eigenvalue weighted by atomic mass is 9.85. The van der Waals surface area contributed by atoms with Gasteiger partial charge < -0.3 is 35.8 Å². The van der Waals surface area contributed by atoms with Gasteiger partial charge in [0, 0.05) is 19.6 Å². The van der Waals surface area contributed by atoms with Crippen LogP contribution in [0.25, 0.3) is 0 Å². The molecule has 1 saturated carbocycles. The number of piperidine rings is 1. The van der Waals surface area contributed by atoms with E-state index >= 15 is 0 Å². The first-order valence-corrected chi connectivity index (χ1v) is 16.8. The molecule has 6 atom stereocenters. The lowest BCUT2D eigenvalue weighted by molar-refractivity contribution is -0.145. The first-order chi connectivity index (χ1) is 21.7. The van der Waals surface area contributed by atoms with Crippen molar-refractivity contribution in [1.29, 1.82) is 0 Å². The van der Waals surface area contributed by atoms with Crippen molar-refractivity contribution in [2.24, 2.45) is 28.1 Å². The van der Waals surface area contributed by atoms with Crippen molar-refractivity contribution < 1.29 is 33.5 Å². The molecule has 0 aromatic heterocycles. The lowest BCUT2D eigenvalue weighted by Crippen LogP contribution is -2.62. The van der Waals surface area contributed by atoms with Gasteiger partial charge in [0.05, 0.1) is 18.6 Å². The number of nitrogens with zero attached hydrogens (tertiary/aromatic N) is 2. The summed E-state index contributed by atoms with van der Waals surface area (Å²) in [4.78, 5) is 82.6. The van der Waals surface area contributed by atoms with Gasteiger partial charge in [-0.15, -0.1) is 6.58 Å². The number of fused-ring (bicyclic) bond motifs is 1. The number of ketones is 1. The molecule has 0 bridgehead atoms. The Kier molecular flexibility index (Phi) is 11.8. The second kappa shape index (κ2) is 14.6. The maximum atomic E-state index is 14.3. The van der Waals surface area contributed by atoms with E-state index in [1.807, 2.05) is 48.5 Å². The minimum atomic E-state index is -1.03. The number of ether oxygens (including phenoxy) is 1. The smallest absolute Gasteiger partial charge is 0.410 e. The zero-order valence-electron chi connectivity index (χ0n) is 29.7. The molecule has 3 rings (SSSR count). The number of Topliss-reactive ketones (excluding diaryl/α,β-unsaturated/α-hetero) is 1. The van der Waals surface area contributed by atoms with Crippen LogP contribution in [-0.2, 0) is 23.9 Å². The van der Waals surface area contributed by atoms with Crippen LogP contribution in [0, 0.1) is 28.1 Å². The molecule has 0 aromatic rings. The fraction of sp³-hybridized carbons (Fsp3) is 0.765. The quantitative estimate of drug-likeness (QED) is 0.164. The highest BCUT2D eigenvalue weighted by Gasteiger charge is 2.70. The Hall–Kier alpha value is -3.64. The molecule has 47 heavy (non-hydrogen) atoms. The number of amides is 6. The van der Waals surface area contributed by atoms with Crippen LogP contribution >= 0.6 is 0 Å². The highest BCUT2D eigenvalue weighted by Crippen LogP contribution is 2.65. The summed E-state index contributed by atoms with van der Waals surface area (Å²) >= 11 is 0. The Morgan fingerprint density at radius 3 is 2.23 bits per heavy atom. The van der Waals surface area contributed by atoms with Gasteiger partial charge >= 0.3 is 12.1 Å². The average molecular weight is 661 g/mol. The third kappa shape index (κ3) is 8.84. The van der Waals surface area contributed by atoms with E-state index in [9.17, 15) is 28.8 Å². The molecular weight excluding hydrogens is 604 g/mol. The molecule has 4 N–H and O–H groups in total. The van der Waals surface area contributed by atoms with Gasteiger partial charge in [-0.25, -0.2) is 9.59 Å². The molecule has 2 aliphatic heterocycles. The third-order valence-corrected chi connectivity index (χ3v) is 9.86. The topological polar surface area (TPSA) is 166 Å². The van der Waals surface area contributed by atoms with Gasteiger partial charge in [0.15, 0.2) is 0 Å². The van der Waals surface area contributed by atoms with Crippen molar-refractivity contribution in [2.45, 2.75) is 106 Å². The van der Waals surface area contributed by atoms with Crippen molar-refractivity contribution in [1.82, 2.24) is 31.1 Å². The maximum Gasteiger partial charge on any atom is 0.410 e. The van der Waals surface area contributed by atoms with Gasteiger partial charge in [-0.2, -0.15) is 0 Å². The first-order valence-electron chi connectivity index (χ1n) is 16.8. The molecule has 2 heterocycles. The number of urea groups is 1. The van der Waals surface area contributed by atoms with Gasteiger partial charge in [-0.3, -0.25) is 19.2 Å². The van der Waals surface area contributed by atoms with Gasteiger partial charge in [0.1, 0.15) is 18.7 Å². The Morgan fingerprint density at radius 2 is 1.70 bits per heavy atom. The minimum absolute atomic E-state index is 0.0721. The summed E-state index contributed by atoms with van der Waals surface area (Å²) in [5, 5.41) is 11.2. The Morgan fingerprint density at radius 1 is 1.04 bits per heavy atom. The number of hydrogen-bond donors (Lipinski definition) is 4. The number of hydrogen-bond acceptors (Lipinski definition) is 7. The molecule has 2 saturated heterocycles. The minimum Gasteiger partial charge on any atom is -0.448 e. The van der Waals surface area contributed by atoms with Crippen molar-refractivity contribution in [3.05, 3.63) is 12.7 Å². The average Bonchev–Trinajstić information content (AvgIpc) is 3.31. The van der Waals surface area contributed by atoms with Crippen molar-refractivity contribution in [3.8, 4) is 0 Å². The summed E-state index contributed by atoms with van der Waals surface area (Å²) in [6, 6.07) is -3.89. The van der Waals surface area contributed by atoms with E-state index in [-0.39, 0.29) is 36.8 Å². The number of nitrogens with one attached hydrogen (secondary N) is 4. The Balaban J connectivity index is 1.82. The van der Waals surface area contributed by atoms with Crippen LogP contribution in [0.5, 0.6) is 0 Å². The second-order valence-electron chi connectivity index (χ2n) is 15.9. The number of carbonyl (C=O) groups is 6. The van der Waals surface area contributed by atoms with Crippen LogP contribution in [-0.4, -0.2) is 102 Å². The monoisotopic (exact) mass is 660 g/mol. The fourth-order valence-electron chi connectivity index (χ4n) is 6.65. The zero-order chi connectivity index (χ0) is 35.5. The molecule has 13 nitrogen and oxygen atoms in total. The number of unbranched alkanes of at least 4 members (excludes halogenated alkanes) is 1. The van der Waals surface area contributed by atoms with Gasteiger partial charge in [0.2, 0.25) is 17.6 Å². The van der Waals surface area contributed by atoms with Crippen LogP contribution in [0.1, 0.15) is 81.6 Å². The van der Waals surface area contributed by atoms with Gasteiger partial charge in [-0.1, -0.05) is 81.2 Å². The van der Waals surface area contributed by atoms with Crippen LogP contribution in [0.3, 0.4) is 0 Å². The largest absolute Gasteiger partial charge is 0.448 e. The van der Waals surface area contributed by atoms with Crippen LogP contribution in [0.4, 0.5) is 9.59 Å². The first kappa shape index (κ1) is 37.8. The van der Waals surface area contributed by atoms with Crippen molar-refractivity contribution >= 4 is 35.6 Å². The Bertz CT molecular complexity index is 1240. The molecule has 264 valence electrons. The highest BCUT2D eigenvalue weighted by molar-refractivity contribution is 6.38. The maximum absolute atomic E-state index is 14.3. The van der Waals surface area contributed by atoms with Crippen LogP contribution in [0.2, 0.25) is 0 Å². The molecular formula is C34H56N6O7. The van der Waals surface area contributed by atoms with Crippen molar-refractivity contribution in [3.63, 3.8) is 0 Å². The normalized spacial score (nSPS) is 23.5. The predicted octanol–water partition coefficient (Wildman–Crippen LogP) is 2.60. The summed E-state index contributed by atoms with van der Waals surface area (Å²) in [6.45, 7) is 22.4. The van der Waals surface area contributed by atoms with E-state index in [0.29, 0.717) is 26.1 Å². The van der Waals surface area contributed by atoms with E-state index in [1.54, 1.807) is 4.90 Å². The van der Waals surface area contributed by atoms with Gasteiger partial charge in [0.25, 0.3) is 5.91 Å². The molecule has 13 heteroatoms. The zero-order valence-corrected chi connectivity index (χ0v) is 29.7. The van der Waals surface area contributed by atoms with E-state index in [1.165, 1.54) is 11.0 Å². The molecule has 3 fully saturated rings. The number of rotatable bonds is 14. The van der Waals surface area contributed by atoms with E-state index in [0.717, 1.165) is 6.42 Å². The Labute approximate surface area is 279 Å².